The molecule has 0 aliphatic rings. The topological polar surface area (TPSA) is 24.9 Å². The highest BCUT2D eigenvalue weighted by molar-refractivity contribution is 5.81. The second kappa shape index (κ2) is 6.67. The average molecular weight is 256 g/mol. The number of pyridine rings is 1. The first-order chi connectivity index (χ1) is 9.16. The molecule has 0 radical (unpaired) electrons. The van der Waals surface area contributed by atoms with Gasteiger partial charge in [-0.1, -0.05) is 39.0 Å². The van der Waals surface area contributed by atoms with E-state index in [9.17, 15) is 0 Å². The van der Waals surface area contributed by atoms with Gasteiger partial charge in [-0.15, -0.1) is 0 Å². The quantitative estimate of drug-likeness (QED) is 0.850. The normalized spacial score (nSPS) is 13.1. The van der Waals surface area contributed by atoms with E-state index in [1.165, 1.54) is 17.4 Å². The molecule has 1 unspecified atom stereocenters. The van der Waals surface area contributed by atoms with Gasteiger partial charge in [0.25, 0.3) is 0 Å². The van der Waals surface area contributed by atoms with Crippen LogP contribution in [0, 0.1) is 5.92 Å². The first-order valence-electron chi connectivity index (χ1n) is 7.23. The largest absolute Gasteiger partial charge is 0.314 e. The predicted octanol–water partition coefficient (Wildman–Crippen LogP) is 3.80. The number of rotatable bonds is 6. The van der Waals surface area contributed by atoms with Crippen molar-refractivity contribution in [3.63, 3.8) is 0 Å². The van der Waals surface area contributed by atoms with Crippen LogP contribution in [0.15, 0.2) is 36.5 Å². The highest BCUT2D eigenvalue weighted by atomic mass is 14.9. The van der Waals surface area contributed by atoms with E-state index < -0.39 is 0 Å². The molecule has 19 heavy (non-hydrogen) atoms. The van der Waals surface area contributed by atoms with Crippen LogP contribution in [0.1, 0.15) is 32.8 Å². The molecular weight excluding hydrogens is 232 g/mol. The molecule has 0 spiro atoms. The van der Waals surface area contributed by atoms with Gasteiger partial charge in [-0.3, -0.25) is 4.98 Å². The van der Waals surface area contributed by atoms with Crippen LogP contribution >= 0.6 is 0 Å². The lowest BCUT2D eigenvalue weighted by atomic mass is 9.98. The summed E-state index contributed by atoms with van der Waals surface area (Å²) in [4.78, 5) is 4.42. The van der Waals surface area contributed by atoms with Gasteiger partial charge in [0.15, 0.2) is 0 Å². The van der Waals surface area contributed by atoms with Crippen LogP contribution in [0.5, 0.6) is 0 Å². The van der Waals surface area contributed by atoms with E-state index in [4.69, 9.17) is 0 Å². The molecular formula is C17H24N2. The molecule has 0 bridgehead atoms. The van der Waals surface area contributed by atoms with Crippen LogP contribution < -0.4 is 5.32 Å². The summed E-state index contributed by atoms with van der Waals surface area (Å²) < 4.78 is 0. The second-order valence-electron chi connectivity index (χ2n) is 5.69. The summed E-state index contributed by atoms with van der Waals surface area (Å²) in [6, 6.07) is 11.1. The Hall–Kier alpha value is -1.41. The second-order valence-corrected chi connectivity index (χ2v) is 5.69. The highest BCUT2D eigenvalue weighted by Gasteiger charge is 2.06. The van der Waals surface area contributed by atoms with Gasteiger partial charge < -0.3 is 5.32 Å². The zero-order valence-corrected chi connectivity index (χ0v) is 12.2. The number of aromatic nitrogens is 1. The molecule has 102 valence electrons. The average Bonchev–Trinajstić information content (AvgIpc) is 2.42. The fourth-order valence-electron chi connectivity index (χ4n) is 2.31. The molecule has 1 heterocycles. The Morgan fingerprint density at radius 1 is 1.11 bits per heavy atom. The summed E-state index contributed by atoms with van der Waals surface area (Å²) in [5.74, 6) is 0.703. The molecule has 0 fully saturated rings. The van der Waals surface area contributed by atoms with E-state index in [-0.39, 0.29) is 0 Å². The predicted molar refractivity (Wildman–Crippen MR) is 82.4 cm³/mol. The molecule has 1 N–H and O–H groups in total. The number of benzene rings is 1. The molecule has 0 saturated heterocycles. The minimum Gasteiger partial charge on any atom is -0.314 e. The van der Waals surface area contributed by atoms with Crippen molar-refractivity contribution in [3.8, 4) is 0 Å². The molecule has 0 aliphatic carbocycles. The smallest absolute Gasteiger partial charge is 0.0704 e. The first kappa shape index (κ1) is 14.0. The van der Waals surface area contributed by atoms with Gasteiger partial charge in [0.1, 0.15) is 0 Å². The van der Waals surface area contributed by atoms with Crippen LogP contribution in [0.4, 0.5) is 0 Å². The van der Waals surface area contributed by atoms with Crippen molar-refractivity contribution in [2.45, 2.75) is 39.7 Å². The zero-order chi connectivity index (χ0) is 13.7. The Kier molecular flexibility index (Phi) is 4.92. The third kappa shape index (κ3) is 4.03. The van der Waals surface area contributed by atoms with Crippen molar-refractivity contribution in [1.82, 2.24) is 10.3 Å². The van der Waals surface area contributed by atoms with Gasteiger partial charge >= 0.3 is 0 Å². The number of para-hydroxylation sites is 1. The Morgan fingerprint density at radius 3 is 2.68 bits per heavy atom. The number of hydrogen-bond acceptors (Lipinski definition) is 2. The highest BCUT2D eigenvalue weighted by Crippen LogP contribution is 2.19. The summed E-state index contributed by atoms with van der Waals surface area (Å²) in [7, 11) is 0. The van der Waals surface area contributed by atoms with E-state index in [1.54, 1.807) is 0 Å². The maximum Gasteiger partial charge on any atom is 0.0704 e. The number of nitrogens with zero attached hydrogens (tertiary/aromatic N) is 1. The summed E-state index contributed by atoms with van der Waals surface area (Å²) >= 11 is 0. The van der Waals surface area contributed by atoms with Crippen molar-refractivity contribution in [2.24, 2.45) is 5.92 Å². The van der Waals surface area contributed by atoms with Gasteiger partial charge in [-0.25, -0.2) is 0 Å². The maximum atomic E-state index is 4.42. The van der Waals surface area contributed by atoms with Crippen LogP contribution in [0.3, 0.4) is 0 Å². The van der Waals surface area contributed by atoms with E-state index in [2.05, 4.69) is 55.3 Å². The molecule has 2 rings (SSSR count). The lowest BCUT2D eigenvalue weighted by Crippen LogP contribution is -2.28. The Bertz CT molecular complexity index is 514. The van der Waals surface area contributed by atoms with E-state index in [0.717, 1.165) is 18.5 Å². The summed E-state index contributed by atoms with van der Waals surface area (Å²) in [5, 5.41) is 4.81. The molecule has 0 amide bonds. The van der Waals surface area contributed by atoms with Gasteiger partial charge in [0.05, 0.1) is 5.52 Å². The van der Waals surface area contributed by atoms with Crippen LogP contribution in [-0.2, 0) is 6.42 Å². The fraction of sp³-hybridized carbons (Fsp3) is 0.471. The maximum absolute atomic E-state index is 4.42. The van der Waals surface area contributed by atoms with Crippen molar-refractivity contribution < 1.29 is 0 Å². The molecule has 1 aromatic carbocycles. The molecule has 0 aliphatic heterocycles. The van der Waals surface area contributed by atoms with Crippen molar-refractivity contribution in [2.75, 3.05) is 6.54 Å². The molecule has 2 heteroatoms. The number of hydrogen-bond donors (Lipinski definition) is 1. The Morgan fingerprint density at radius 2 is 1.89 bits per heavy atom. The van der Waals surface area contributed by atoms with E-state index in [1.807, 2.05) is 12.3 Å². The minimum atomic E-state index is 0.573. The van der Waals surface area contributed by atoms with Crippen molar-refractivity contribution in [1.29, 1.82) is 0 Å². The lowest BCUT2D eigenvalue weighted by molar-refractivity contribution is 0.454. The molecule has 1 atom stereocenters. The SMILES string of the molecule is CC(CCc1ccnc2ccccc12)CNC(C)C. The van der Waals surface area contributed by atoms with Crippen molar-refractivity contribution >= 4 is 10.9 Å². The standard InChI is InChI=1S/C17H24N2/c1-13(2)19-12-14(3)8-9-15-10-11-18-17-7-5-4-6-16(15)17/h4-7,10-11,13-14,19H,8-9,12H2,1-3H3. The minimum absolute atomic E-state index is 0.573. The van der Waals surface area contributed by atoms with Crippen LogP contribution in [0.2, 0.25) is 0 Å². The lowest BCUT2D eigenvalue weighted by Gasteiger charge is -2.15. The summed E-state index contributed by atoms with van der Waals surface area (Å²) in [6.45, 7) is 7.81. The van der Waals surface area contributed by atoms with E-state index >= 15 is 0 Å². The van der Waals surface area contributed by atoms with Crippen LogP contribution in [0.25, 0.3) is 10.9 Å². The molecule has 0 saturated carbocycles. The van der Waals surface area contributed by atoms with Gasteiger partial charge in [0.2, 0.25) is 0 Å². The first-order valence-corrected chi connectivity index (χ1v) is 7.23. The van der Waals surface area contributed by atoms with E-state index in [0.29, 0.717) is 12.0 Å². The molecule has 2 nitrogen and oxygen atoms in total. The number of aryl methyl sites for hydroxylation is 1. The number of fused-ring (bicyclic) bond motifs is 1. The summed E-state index contributed by atoms with van der Waals surface area (Å²) in [5.41, 5.74) is 2.52. The third-order valence-corrected chi connectivity index (χ3v) is 3.52. The third-order valence-electron chi connectivity index (χ3n) is 3.52. The summed E-state index contributed by atoms with van der Waals surface area (Å²) in [6.07, 6.45) is 4.27. The van der Waals surface area contributed by atoms with Gasteiger partial charge in [-0.05, 0) is 43.0 Å². The fourth-order valence-corrected chi connectivity index (χ4v) is 2.31. The zero-order valence-electron chi connectivity index (χ0n) is 12.2. The van der Waals surface area contributed by atoms with Crippen LogP contribution in [-0.4, -0.2) is 17.6 Å². The Labute approximate surface area is 116 Å². The molecule has 2 aromatic rings. The van der Waals surface area contributed by atoms with Gasteiger partial charge in [0, 0.05) is 17.6 Å². The Balaban J connectivity index is 1.98. The molecule has 1 aromatic heterocycles. The monoisotopic (exact) mass is 256 g/mol. The van der Waals surface area contributed by atoms with Gasteiger partial charge in [-0.2, -0.15) is 0 Å². The number of nitrogens with one attached hydrogen (secondary N) is 1. The van der Waals surface area contributed by atoms with Crippen molar-refractivity contribution in [3.05, 3.63) is 42.1 Å².